The molecular formula is C16H14N2O3. The average molecular weight is 282 g/mol. The Bertz CT molecular complexity index is 794. The second-order valence-electron chi connectivity index (χ2n) is 4.83. The van der Waals surface area contributed by atoms with Gasteiger partial charge in [-0.25, -0.2) is 0 Å². The highest BCUT2D eigenvalue weighted by Gasteiger charge is 2.16. The molecular weight excluding hydrogens is 268 g/mol. The molecule has 0 saturated carbocycles. The number of fused-ring (bicyclic) bond motifs is 1. The monoisotopic (exact) mass is 282 g/mol. The molecule has 0 bridgehead atoms. The molecule has 2 N–H and O–H groups in total. The van der Waals surface area contributed by atoms with Crippen LogP contribution >= 0.6 is 0 Å². The summed E-state index contributed by atoms with van der Waals surface area (Å²) in [7, 11) is 0. The molecule has 1 aromatic heterocycles. The largest absolute Gasteiger partial charge is 0.507 e. The van der Waals surface area contributed by atoms with Gasteiger partial charge in [0.2, 0.25) is 0 Å². The van der Waals surface area contributed by atoms with E-state index in [1.165, 1.54) is 0 Å². The van der Waals surface area contributed by atoms with Crippen LogP contribution in [0.1, 0.15) is 11.3 Å². The molecule has 1 heterocycles. The molecule has 0 fully saturated rings. The first-order valence-corrected chi connectivity index (χ1v) is 6.58. The lowest BCUT2D eigenvalue weighted by Gasteiger charge is -2.03. The number of aliphatic carboxylic acids is 1. The summed E-state index contributed by atoms with van der Waals surface area (Å²) >= 11 is 0. The molecule has 0 atom stereocenters. The highest BCUT2D eigenvalue weighted by molar-refractivity contribution is 5.90. The Balaban J connectivity index is 2.10. The summed E-state index contributed by atoms with van der Waals surface area (Å²) in [6.45, 7) is 0.528. The van der Waals surface area contributed by atoms with Crippen molar-refractivity contribution in [3.8, 4) is 5.75 Å². The van der Waals surface area contributed by atoms with Gasteiger partial charge >= 0.3 is 5.97 Å². The normalized spacial score (nSPS) is 10.9. The molecule has 0 saturated heterocycles. The number of carboxylic acid groups (broad SMARTS) is 1. The number of aromatic nitrogens is 2. The quantitative estimate of drug-likeness (QED) is 0.770. The van der Waals surface area contributed by atoms with Crippen LogP contribution in [0.3, 0.4) is 0 Å². The van der Waals surface area contributed by atoms with E-state index in [0.29, 0.717) is 17.6 Å². The molecule has 3 aromatic rings. The van der Waals surface area contributed by atoms with Crippen LogP contribution in [0.15, 0.2) is 48.5 Å². The number of hydrogen-bond donors (Lipinski definition) is 2. The Morgan fingerprint density at radius 3 is 2.57 bits per heavy atom. The average Bonchev–Trinajstić information content (AvgIpc) is 2.78. The molecule has 0 aliphatic heterocycles. The molecule has 0 unspecified atom stereocenters. The molecule has 0 spiro atoms. The molecule has 3 rings (SSSR count). The number of phenols is 1. The van der Waals surface area contributed by atoms with Gasteiger partial charge in [0, 0.05) is 0 Å². The summed E-state index contributed by atoms with van der Waals surface area (Å²) in [6, 6.07) is 14.9. The van der Waals surface area contributed by atoms with Crippen LogP contribution in [-0.2, 0) is 17.8 Å². The van der Waals surface area contributed by atoms with E-state index < -0.39 is 5.97 Å². The van der Waals surface area contributed by atoms with Crippen molar-refractivity contribution >= 4 is 16.9 Å². The predicted molar refractivity (Wildman–Crippen MR) is 78.3 cm³/mol. The Hall–Kier alpha value is -2.82. The van der Waals surface area contributed by atoms with Gasteiger partial charge < -0.3 is 10.2 Å². The minimum atomic E-state index is -0.968. The summed E-state index contributed by atoms with van der Waals surface area (Å²) < 4.78 is 1.72. The van der Waals surface area contributed by atoms with Gasteiger partial charge in [-0.1, -0.05) is 36.4 Å². The van der Waals surface area contributed by atoms with Gasteiger partial charge in [-0.3, -0.25) is 9.48 Å². The van der Waals surface area contributed by atoms with E-state index in [-0.39, 0.29) is 12.2 Å². The van der Waals surface area contributed by atoms with E-state index in [9.17, 15) is 9.90 Å². The second-order valence-corrected chi connectivity index (χ2v) is 4.83. The Kier molecular flexibility index (Phi) is 3.31. The third-order valence-electron chi connectivity index (χ3n) is 3.32. The lowest BCUT2D eigenvalue weighted by Crippen LogP contribution is -2.04. The molecule has 5 nitrogen and oxygen atoms in total. The van der Waals surface area contributed by atoms with Crippen molar-refractivity contribution in [2.24, 2.45) is 0 Å². The van der Waals surface area contributed by atoms with E-state index in [1.807, 2.05) is 36.4 Å². The molecule has 21 heavy (non-hydrogen) atoms. The van der Waals surface area contributed by atoms with E-state index in [2.05, 4.69) is 5.10 Å². The minimum absolute atomic E-state index is 0.0584. The third kappa shape index (κ3) is 2.58. The van der Waals surface area contributed by atoms with Crippen LogP contribution in [0, 0.1) is 0 Å². The fraction of sp³-hybridized carbons (Fsp3) is 0.125. The number of rotatable bonds is 4. The summed E-state index contributed by atoms with van der Waals surface area (Å²) in [5.74, 6) is -0.910. The van der Waals surface area contributed by atoms with Gasteiger partial charge in [0.05, 0.1) is 29.6 Å². The third-order valence-corrected chi connectivity index (χ3v) is 3.32. The first-order chi connectivity index (χ1) is 10.1. The summed E-state index contributed by atoms with van der Waals surface area (Å²) in [4.78, 5) is 11.0. The number of carbonyl (C=O) groups is 1. The van der Waals surface area contributed by atoms with E-state index in [4.69, 9.17) is 5.11 Å². The van der Waals surface area contributed by atoms with Gasteiger partial charge in [-0.05, 0) is 17.7 Å². The first-order valence-electron chi connectivity index (χ1n) is 6.58. The van der Waals surface area contributed by atoms with Crippen molar-refractivity contribution in [3.05, 3.63) is 59.8 Å². The number of benzene rings is 2. The zero-order valence-corrected chi connectivity index (χ0v) is 11.2. The molecule has 2 aromatic carbocycles. The summed E-state index contributed by atoms with van der Waals surface area (Å²) in [5, 5.41) is 23.9. The topological polar surface area (TPSA) is 75.3 Å². The Morgan fingerprint density at radius 1 is 1.10 bits per heavy atom. The Labute approximate surface area is 121 Å². The van der Waals surface area contributed by atoms with Crippen LogP contribution in [0.2, 0.25) is 0 Å². The fourth-order valence-corrected chi connectivity index (χ4v) is 2.43. The number of nitrogens with zero attached hydrogens (tertiary/aromatic N) is 2. The Morgan fingerprint density at radius 2 is 1.86 bits per heavy atom. The highest BCUT2D eigenvalue weighted by atomic mass is 16.4. The number of hydrogen-bond acceptors (Lipinski definition) is 3. The van der Waals surface area contributed by atoms with Gasteiger partial charge in [-0.15, -0.1) is 0 Å². The second kappa shape index (κ2) is 5.28. The predicted octanol–water partition coefficient (Wildman–Crippen LogP) is 2.42. The van der Waals surface area contributed by atoms with Gasteiger partial charge in [0.25, 0.3) is 0 Å². The van der Waals surface area contributed by atoms with E-state index >= 15 is 0 Å². The van der Waals surface area contributed by atoms with Gasteiger partial charge in [0.15, 0.2) is 0 Å². The van der Waals surface area contributed by atoms with Gasteiger partial charge in [0.1, 0.15) is 5.75 Å². The SMILES string of the molecule is O=C(O)Cc1nn(Cc2ccccc2)c2cccc(O)c12. The smallest absolute Gasteiger partial charge is 0.309 e. The number of phenolic OH excluding ortho intramolecular Hbond substituents is 1. The number of carboxylic acids is 1. The molecule has 0 aliphatic rings. The minimum Gasteiger partial charge on any atom is -0.507 e. The maximum Gasteiger partial charge on any atom is 0.309 e. The van der Waals surface area contributed by atoms with Crippen molar-refractivity contribution in [2.45, 2.75) is 13.0 Å². The molecule has 0 amide bonds. The molecule has 0 aliphatic carbocycles. The van der Waals surface area contributed by atoms with Crippen LogP contribution < -0.4 is 0 Å². The van der Waals surface area contributed by atoms with E-state index in [1.54, 1.807) is 16.8 Å². The maximum absolute atomic E-state index is 11.0. The number of aromatic hydroxyl groups is 1. The molecule has 5 heteroatoms. The van der Waals surface area contributed by atoms with Gasteiger partial charge in [-0.2, -0.15) is 5.10 Å². The summed E-state index contributed by atoms with van der Waals surface area (Å²) in [5.41, 5.74) is 2.17. The fourth-order valence-electron chi connectivity index (χ4n) is 2.43. The van der Waals surface area contributed by atoms with Crippen molar-refractivity contribution < 1.29 is 15.0 Å². The lowest BCUT2D eigenvalue weighted by molar-refractivity contribution is -0.136. The van der Waals surface area contributed by atoms with Crippen molar-refractivity contribution in [2.75, 3.05) is 0 Å². The van der Waals surface area contributed by atoms with Crippen LogP contribution in [0.4, 0.5) is 0 Å². The van der Waals surface area contributed by atoms with Crippen molar-refractivity contribution in [3.63, 3.8) is 0 Å². The first kappa shape index (κ1) is 13.2. The van der Waals surface area contributed by atoms with Crippen LogP contribution in [0.25, 0.3) is 10.9 Å². The van der Waals surface area contributed by atoms with Crippen LogP contribution in [-0.4, -0.2) is 26.0 Å². The maximum atomic E-state index is 11.0. The van der Waals surface area contributed by atoms with E-state index in [0.717, 1.165) is 11.1 Å². The molecule has 0 radical (unpaired) electrons. The standard InChI is InChI=1S/C16H14N2O3/c19-14-8-4-7-13-16(14)12(9-15(20)21)17-18(13)10-11-5-2-1-3-6-11/h1-8,19H,9-10H2,(H,20,21). The molecule has 106 valence electrons. The zero-order valence-electron chi connectivity index (χ0n) is 11.2. The lowest BCUT2D eigenvalue weighted by atomic mass is 10.1. The van der Waals surface area contributed by atoms with Crippen LogP contribution in [0.5, 0.6) is 5.75 Å². The zero-order chi connectivity index (χ0) is 14.8. The highest BCUT2D eigenvalue weighted by Crippen LogP contribution is 2.28. The van der Waals surface area contributed by atoms with Crippen molar-refractivity contribution in [1.29, 1.82) is 0 Å². The van der Waals surface area contributed by atoms with Crippen molar-refractivity contribution in [1.82, 2.24) is 9.78 Å². The summed E-state index contributed by atoms with van der Waals surface area (Å²) in [6.07, 6.45) is -0.212.